The van der Waals surface area contributed by atoms with Gasteiger partial charge in [0.25, 0.3) is 0 Å². The molecule has 1 saturated heterocycles. The molecule has 1 amide bonds. The zero-order valence-corrected chi connectivity index (χ0v) is 19.4. The van der Waals surface area contributed by atoms with E-state index in [9.17, 15) is 4.79 Å². The first-order valence-electron chi connectivity index (χ1n) is 12.1. The second-order valence-corrected chi connectivity index (χ2v) is 9.48. The maximum Gasteiger partial charge on any atom is 0.237 e. The Kier molecular flexibility index (Phi) is 7.72. The summed E-state index contributed by atoms with van der Waals surface area (Å²) in [5.74, 6) is 2.65. The third-order valence-electron chi connectivity index (χ3n) is 7.35. The highest BCUT2D eigenvalue weighted by Gasteiger charge is 2.26. The van der Waals surface area contributed by atoms with Crippen LogP contribution in [0.1, 0.15) is 49.7 Å². The van der Waals surface area contributed by atoms with Gasteiger partial charge in [0.2, 0.25) is 5.91 Å². The molecule has 1 aliphatic carbocycles. The summed E-state index contributed by atoms with van der Waals surface area (Å²) in [5, 5.41) is 0. The van der Waals surface area contributed by atoms with E-state index in [0.29, 0.717) is 13.1 Å². The van der Waals surface area contributed by atoms with Gasteiger partial charge in [-0.05, 0) is 68.0 Å². The number of methoxy groups -OCH3 is 2. The van der Waals surface area contributed by atoms with E-state index in [1.165, 1.54) is 62.7 Å². The van der Waals surface area contributed by atoms with Crippen LogP contribution in [0.3, 0.4) is 0 Å². The third kappa shape index (κ3) is 5.72. The van der Waals surface area contributed by atoms with Crippen molar-refractivity contribution in [3.8, 4) is 11.5 Å². The Bertz CT molecular complexity index is 748. The lowest BCUT2D eigenvalue weighted by Gasteiger charge is -2.32. The Hall–Kier alpha value is -1.79. The lowest BCUT2D eigenvalue weighted by atomic mass is 9.89. The fourth-order valence-electron chi connectivity index (χ4n) is 5.49. The van der Waals surface area contributed by atoms with Crippen LogP contribution >= 0.6 is 0 Å². The molecule has 6 nitrogen and oxygen atoms in total. The van der Waals surface area contributed by atoms with Crippen LogP contribution in [0.25, 0.3) is 0 Å². The monoisotopic (exact) mass is 429 g/mol. The van der Waals surface area contributed by atoms with E-state index in [4.69, 9.17) is 9.47 Å². The van der Waals surface area contributed by atoms with Crippen LogP contribution in [0.5, 0.6) is 11.5 Å². The molecule has 2 heterocycles. The number of amides is 1. The lowest BCUT2D eigenvalue weighted by molar-refractivity contribution is -0.133. The van der Waals surface area contributed by atoms with Crippen LogP contribution in [-0.4, -0.2) is 80.6 Å². The number of nitrogens with zero attached hydrogens (tertiary/aromatic N) is 3. The molecular weight excluding hydrogens is 390 g/mol. The smallest absolute Gasteiger partial charge is 0.237 e. The Morgan fingerprint density at radius 2 is 1.55 bits per heavy atom. The van der Waals surface area contributed by atoms with Gasteiger partial charge in [0.1, 0.15) is 0 Å². The molecule has 3 aliphatic rings. The SMILES string of the molecule is COc1cc2c(cc1OC)CN(C(=O)CN1CCCN(CC3CCCCC3)CC1)CC2. The molecule has 6 heteroatoms. The molecule has 1 aromatic rings. The van der Waals surface area contributed by atoms with E-state index in [1.807, 2.05) is 11.0 Å². The van der Waals surface area contributed by atoms with Gasteiger partial charge in [-0.2, -0.15) is 0 Å². The second kappa shape index (κ2) is 10.7. The number of hydrogen-bond acceptors (Lipinski definition) is 5. The van der Waals surface area contributed by atoms with Gasteiger partial charge in [-0.1, -0.05) is 19.3 Å². The van der Waals surface area contributed by atoms with Crippen molar-refractivity contribution in [2.24, 2.45) is 5.92 Å². The number of benzene rings is 1. The maximum absolute atomic E-state index is 13.1. The van der Waals surface area contributed by atoms with Crippen molar-refractivity contribution in [1.82, 2.24) is 14.7 Å². The van der Waals surface area contributed by atoms with Gasteiger partial charge >= 0.3 is 0 Å². The average Bonchev–Trinajstić information content (AvgIpc) is 3.03. The van der Waals surface area contributed by atoms with E-state index >= 15 is 0 Å². The fraction of sp³-hybridized carbons (Fsp3) is 0.720. The molecule has 172 valence electrons. The first-order chi connectivity index (χ1) is 15.2. The zero-order chi connectivity index (χ0) is 21.6. The summed E-state index contributed by atoms with van der Waals surface area (Å²) in [4.78, 5) is 20.1. The minimum atomic E-state index is 0.251. The Balaban J connectivity index is 1.28. The Morgan fingerprint density at radius 3 is 2.29 bits per heavy atom. The Morgan fingerprint density at radius 1 is 0.871 bits per heavy atom. The summed E-state index contributed by atoms with van der Waals surface area (Å²) in [6.45, 7) is 7.56. The first kappa shape index (κ1) is 22.4. The summed E-state index contributed by atoms with van der Waals surface area (Å²) in [5.41, 5.74) is 2.43. The zero-order valence-electron chi connectivity index (χ0n) is 19.4. The molecule has 0 bridgehead atoms. The van der Waals surface area contributed by atoms with E-state index in [-0.39, 0.29) is 5.91 Å². The first-order valence-corrected chi connectivity index (χ1v) is 12.1. The largest absolute Gasteiger partial charge is 0.493 e. The van der Waals surface area contributed by atoms with Crippen molar-refractivity contribution in [3.05, 3.63) is 23.3 Å². The van der Waals surface area contributed by atoms with Crippen molar-refractivity contribution in [2.75, 3.05) is 60.0 Å². The Labute approximate surface area is 187 Å². The molecule has 2 aliphatic heterocycles. The number of hydrogen-bond donors (Lipinski definition) is 0. The van der Waals surface area contributed by atoms with Crippen molar-refractivity contribution in [1.29, 1.82) is 0 Å². The number of ether oxygens (including phenoxy) is 2. The predicted molar refractivity (Wildman–Crippen MR) is 123 cm³/mol. The fourth-order valence-corrected chi connectivity index (χ4v) is 5.49. The highest BCUT2D eigenvalue weighted by molar-refractivity contribution is 5.78. The second-order valence-electron chi connectivity index (χ2n) is 9.48. The predicted octanol–water partition coefficient (Wildman–Crippen LogP) is 3.18. The molecule has 0 atom stereocenters. The van der Waals surface area contributed by atoms with Gasteiger partial charge in [-0.15, -0.1) is 0 Å². The van der Waals surface area contributed by atoms with Gasteiger partial charge in [-0.3, -0.25) is 9.69 Å². The normalized spacial score (nSPS) is 21.4. The van der Waals surface area contributed by atoms with E-state index in [1.54, 1.807) is 14.2 Å². The van der Waals surface area contributed by atoms with Crippen molar-refractivity contribution in [3.63, 3.8) is 0 Å². The van der Waals surface area contributed by atoms with Crippen LogP contribution in [-0.2, 0) is 17.8 Å². The molecule has 0 radical (unpaired) electrons. The highest BCUT2D eigenvalue weighted by Crippen LogP contribution is 2.33. The van der Waals surface area contributed by atoms with E-state index in [0.717, 1.165) is 50.0 Å². The maximum atomic E-state index is 13.1. The summed E-state index contributed by atoms with van der Waals surface area (Å²) < 4.78 is 10.9. The van der Waals surface area contributed by atoms with Gasteiger partial charge in [0, 0.05) is 32.7 Å². The van der Waals surface area contributed by atoms with Gasteiger partial charge in [-0.25, -0.2) is 0 Å². The minimum absolute atomic E-state index is 0.251. The van der Waals surface area contributed by atoms with Gasteiger partial charge in [0.15, 0.2) is 11.5 Å². The molecule has 0 unspecified atom stereocenters. The molecule has 2 fully saturated rings. The molecule has 4 rings (SSSR count). The average molecular weight is 430 g/mol. The molecule has 0 aromatic heterocycles. The number of carbonyl (C=O) groups is 1. The molecule has 1 aromatic carbocycles. The number of rotatable bonds is 6. The number of fused-ring (bicyclic) bond motifs is 1. The molecular formula is C25H39N3O3. The highest BCUT2D eigenvalue weighted by atomic mass is 16.5. The van der Waals surface area contributed by atoms with Crippen molar-refractivity contribution >= 4 is 5.91 Å². The topological polar surface area (TPSA) is 45.3 Å². The quantitative estimate of drug-likeness (QED) is 0.695. The van der Waals surface area contributed by atoms with E-state index < -0.39 is 0 Å². The lowest BCUT2D eigenvalue weighted by Crippen LogP contribution is -2.43. The molecule has 0 spiro atoms. The van der Waals surface area contributed by atoms with Gasteiger partial charge in [0.05, 0.1) is 20.8 Å². The van der Waals surface area contributed by atoms with Crippen LogP contribution in [0.2, 0.25) is 0 Å². The molecule has 31 heavy (non-hydrogen) atoms. The minimum Gasteiger partial charge on any atom is -0.493 e. The summed E-state index contributed by atoms with van der Waals surface area (Å²) in [6, 6.07) is 4.09. The summed E-state index contributed by atoms with van der Waals surface area (Å²) >= 11 is 0. The van der Waals surface area contributed by atoms with E-state index in [2.05, 4.69) is 15.9 Å². The van der Waals surface area contributed by atoms with Crippen LogP contribution in [0.15, 0.2) is 12.1 Å². The van der Waals surface area contributed by atoms with Crippen molar-refractivity contribution in [2.45, 2.75) is 51.5 Å². The van der Waals surface area contributed by atoms with Gasteiger partial charge < -0.3 is 19.3 Å². The molecule has 1 saturated carbocycles. The standard InChI is InChI=1S/C25H39N3O3/c1-30-23-15-21-9-12-28(18-22(21)16-24(23)31-2)25(29)19-27-11-6-10-26(13-14-27)17-20-7-4-3-5-8-20/h15-16,20H,3-14,17-19H2,1-2H3. The number of carbonyl (C=O) groups excluding carboxylic acids is 1. The summed E-state index contributed by atoms with van der Waals surface area (Å²) in [6.07, 6.45) is 9.11. The van der Waals surface area contributed by atoms with Crippen LogP contribution in [0, 0.1) is 5.92 Å². The molecule has 0 N–H and O–H groups in total. The van der Waals surface area contributed by atoms with Crippen LogP contribution in [0.4, 0.5) is 0 Å². The van der Waals surface area contributed by atoms with Crippen molar-refractivity contribution < 1.29 is 14.3 Å². The third-order valence-corrected chi connectivity index (χ3v) is 7.35. The summed E-state index contributed by atoms with van der Waals surface area (Å²) in [7, 11) is 3.33. The van der Waals surface area contributed by atoms with Crippen LogP contribution < -0.4 is 9.47 Å².